The molecule has 0 saturated carbocycles. The molecule has 39 heavy (non-hydrogen) atoms. The number of aryl methyl sites for hydroxylation is 2. The Hall–Kier alpha value is -4.03. The molecule has 4 aromatic rings. The van der Waals surface area contributed by atoms with Gasteiger partial charge in [0, 0.05) is 45.0 Å². The molecule has 4 rings (SSSR count). The molecule has 0 spiro atoms. The topological polar surface area (TPSA) is 63.9 Å². The molecule has 0 unspecified atom stereocenters. The van der Waals surface area contributed by atoms with E-state index in [1.54, 1.807) is 18.7 Å². The van der Waals surface area contributed by atoms with E-state index in [1.807, 2.05) is 75.6 Å². The van der Waals surface area contributed by atoms with Crippen LogP contribution >= 0.6 is 0 Å². The molecule has 0 saturated heterocycles. The Morgan fingerprint density at radius 1 is 1.00 bits per heavy atom. The van der Waals surface area contributed by atoms with Crippen LogP contribution in [0.5, 0.6) is 0 Å². The van der Waals surface area contributed by atoms with E-state index in [2.05, 4.69) is 35.4 Å². The van der Waals surface area contributed by atoms with E-state index in [-0.39, 0.29) is 5.78 Å². The molecule has 0 aliphatic heterocycles. The van der Waals surface area contributed by atoms with Crippen LogP contribution in [-0.2, 0) is 16.2 Å². The van der Waals surface area contributed by atoms with Gasteiger partial charge in [0.05, 0.1) is 5.71 Å². The van der Waals surface area contributed by atoms with Gasteiger partial charge in [-0.25, -0.2) is 4.79 Å². The van der Waals surface area contributed by atoms with E-state index in [0.717, 1.165) is 39.5 Å². The number of fused-ring (bicyclic) bond motifs is 3. The number of carbonyl (C=O) groups excluding carboxylic acids is 2. The second-order valence-electron chi connectivity index (χ2n) is 10.5. The Bertz CT molecular complexity index is 1590. The normalized spacial score (nSPS) is 12.3. The number of likely N-dealkylation sites (N-methyl/N-ethyl adjacent to an activating group) is 1. The van der Waals surface area contributed by atoms with Gasteiger partial charge in [0.25, 0.3) is 0 Å². The minimum Gasteiger partial charge on any atom is -0.341 e. The number of rotatable bonds is 10. The fourth-order valence-corrected chi connectivity index (χ4v) is 4.62. The van der Waals surface area contributed by atoms with Gasteiger partial charge in [-0.1, -0.05) is 41.6 Å². The van der Waals surface area contributed by atoms with Gasteiger partial charge in [-0.3, -0.25) is 9.69 Å². The lowest BCUT2D eigenvalue weighted by atomic mass is 9.97. The summed E-state index contributed by atoms with van der Waals surface area (Å²) < 4.78 is 2.25. The van der Waals surface area contributed by atoms with E-state index in [1.165, 1.54) is 0 Å². The lowest BCUT2D eigenvalue weighted by Crippen LogP contribution is -2.46. The lowest BCUT2D eigenvalue weighted by Gasteiger charge is -2.28. The smallest absolute Gasteiger partial charge is 0.341 e. The van der Waals surface area contributed by atoms with E-state index in [4.69, 9.17) is 4.84 Å². The number of nitrogens with zero attached hydrogens (tertiary/aromatic N) is 3. The number of ketones is 1. The summed E-state index contributed by atoms with van der Waals surface area (Å²) in [6.45, 7) is 12.3. The molecule has 0 aliphatic carbocycles. The molecule has 202 valence electrons. The lowest BCUT2D eigenvalue weighted by molar-refractivity contribution is -0.154. The number of hydrogen-bond donors (Lipinski definition) is 0. The predicted octanol–water partition coefficient (Wildman–Crippen LogP) is 6.91. The second kappa shape index (κ2) is 11.4. The zero-order chi connectivity index (χ0) is 28.3. The molecule has 0 bridgehead atoms. The van der Waals surface area contributed by atoms with Crippen LogP contribution in [0.2, 0.25) is 0 Å². The van der Waals surface area contributed by atoms with Crippen molar-refractivity contribution >= 4 is 39.3 Å². The third-order valence-electron chi connectivity index (χ3n) is 7.61. The van der Waals surface area contributed by atoms with Crippen molar-refractivity contribution in [1.82, 2.24) is 9.47 Å². The van der Waals surface area contributed by atoms with Crippen molar-refractivity contribution < 1.29 is 14.4 Å². The third kappa shape index (κ3) is 5.43. The zero-order valence-corrected chi connectivity index (χ0v) is 23.7. The van der Waals surface area contributed by atoms with Gasteiger partial charge in [-0.15, -0.1) is 6.58 Å². The summed E-state index contributed by atoms with van der Waals surface area (Å²) in [4.78, 5) is 33.4. The molecule has 3 aromatic carbocycles. The van der Waals surface area contributed by atoms with Crippen molar-refractivity contribution in [1.29, 1.82) is 0 Å². The van der Waals surface area contributed by atoms with Crippen LogP contribution in [0.4, 0.5) is 0 Å². The van der Waals surface area contributed by atoms with Crippen molar-refractivity contribution in [3.8, 4) is 0 Å². The quantitative estimate of drug-likeness (QED) is 0.0745. The highest BCUT2D eigenvalue weighted by Gasteiger charge is 2.32. The number of aromatic nitrogens is 1. The van der Waals surface area contributed by atoms with Crippen LogP contribution < -0.4 is 0 Å². The van der Waals surface area contributed by atoms with E-state index < -0.39 is 11.5 Å². The number of benzene rings is 3. The van der Waals surface area contributed by atoms with Gasteiger partial charge < -0.3 is 9.40 Å². The van der Waals surface area contributed by atoms with Crippen molar-refractivity contribution in [2.75, 3.05) is 14.1 Å². The zero-order valence-electron chi connectivity index (χ0n) is 23.7. The molecule has 0 fully saturated rings. The van der Waals surface area contributed by atoms with Crippen LogP contribution in [0.3, 0.4) is 0 Å². The first-order valence-electron chi connectivity index (χ1n) is 13.3. The summed E-state index contributed by atoms with van der Waals surface area (Å²) in [5.41, 5.74) is 5.17. The first kappa shape index (κ1) is 28.0. The minimum absolute atomic E-state index is 0.00667. The first-order valence-corrected chi connectivity index (χ1v) is 13.3. The van der Waals surface area contributed by atoms with Gasteiger partial charge in [0.1, 0.15) is 5.54 Å². The molecule has 1 heterocycles. The SMILES string of the molecule is C=CCCC(=NOC(=O)C(C)(C)N(C)C)c1ccc2c(c1)c1cc(C(=O)c3ccccc3C)ccc1n2CC. The Balaban J connectivity index is 1.82. The van der Waals surface area contributed by atoms with E-state index >= 15 is 0 Å². The highest BCUT2D eigenvalue weighted by molar-refractivity contribution is 6.16. The Morgan fingerprint density at radius 3 is 2.21 bits per heavy atom. The number of allylic oxidation sites excluding steroid dienone is 1. The van der Waals surface area contributed by atoms with Crippen LogP contribution in [0.15, 0.2) is 78.5 Å². The summed E-state index contributed by atoms with van der Waals surface area (Å²) in [7, 11) is 3.66. The van der Waals surface area contributed by atoms with Gasteiger partial charge in [-0.2, -0.15) is 0 Å². The van der Waals surface area contributed by atoms with Crippen LogP contribution in [0.25, 0.3) is 21.8 Å². The average molecular weight is 524 g/mol. The van der Waals surface area contributed by atoms with Gasteiger partial charge >= 0.3 is 5.97 Å². The molecule has 6 heteroatoms. The molecule has 0 N–H and O–H groups in total. The molecule has 0 radical (unpaired) electrons. The maximum Gasteiger partial charge on any atom is 0.354 e. The summed E-state index contributed by atoms with van der Waals surface area (Å²) >= 11 is 0. The Kier molecular flexibility index (Phi) is 8.17. The summed E-state index contributed by atoms with van der Waals surface area (Å²) in [5.74, 6) is -0.418. The Labute approximate surface area is 230 Å². The standard InChI is InChI=1S/C33H37N3O3/c1-8-10-15-28(34-39-32(38)33(4,5)35(6)7)23-16-18-29-26(20-23)27-21-24(17-19-30(27)36(29)9-2)31(37)25-14-12-11-13-22(25)3/h8,11-14,16-21H,1,9-10,15H2,2-7H3. The number of hydrogen-bond acceptors (Lipinski definition) is 5. The van der Waals surface area contributed by atoms with Crippen LogP contribution in [-0.4, -0.2) is 46.6 Å². The largest absolute Gasteiger partial charge is 0.354 e. The maximum absolute atomic E-state index is 13.4. The minimum atomic E-state index is -0.814. The van der Waals surface area contributed by atoms with Gasteiger partial charge in [-0.05, 0) is 90.5 Å². The first-order chi connectivity index (χ1) is 18.6. The van der Waals surface area contributed by atoms with Crippen molar-refractivity contribution in [2.24, 2.45) is 5.16 Å². The molecular formula is C33H37N3O3. The molecule has 0 aliphatic rings. The van der Waals surface area contributed by atoms with E-state index in [9.17, 15) is 9.59 Å². The second-order valence-corrected chi connectivity index (χ2v) is 10.5. The number of oxime groups is 1. The third-order valence-corrected chi connectivity index (χ3v) is 7.61. The summed E-state index contributed by atoms with van der Waals surface area (Å²) in [6, 6.07) is 19.8. The van der Waals surface area contributed by atoms with Crippen molar-refractivity contribution in [2.45, 2.75) is 52.6 Å². The number of carbonyl (C=O) groups is 2. The monoisotopic (exact) mass is 523 g/mol. The molecule has 6 nitrogen and oxygen atoms in total. The predicted molar refractivity (Wildman–Crippen MR) is 160 cm³/mol. The summed E-state index contributed by atoms with van der Waals surface area (Å²) in [5, 5.41) is 6.35. The highest BCUT2D eigenvalue weighted by Crippen LogP contribution is 2.32. The molecule has 0 atom stereocenters. The van der Waals surface area contributed by atoms with Gasteiger partial charge in [0.15, 0.2) is 5.78 Å². The maximum atomic E-state index is 13.4. The fourth-order valence-electron chi connectivity index (χ4n) is 4.62. The van der Waals surface area contributed by atoms with Crippen molar-refractivity contribution in [3.63, 3.8) is 0 Å². The average Bonchev–Trinajstić information content (AvgIpc) is 3.24. The molecule has 0 amide bonds. The fraction of sp³-hybridized carbons (Fsp3) is 0.303. The van der Waals surface area contributed by atoms with E-state index in [0.29, 0.717) is 29.7 Å². The van der Waals surface area contributed by atoms with Crippen molar-refractivity contribution in [3.05, 3.63) is 95.6 Å². The van der Waals surface area contributed by atoms with Gasteiger partial charge in [0.2, 0.25) is 0 Å². The molecular weight excluding hydrogens is 486 g/mol. The highest BCUT2D eigenvalue weighted by atomic mass is 16.7. The Morgan fingerprint density at radius 2 is 1.62 bits per heavy atom. The summed E-state index contributed by atoms with van der Waals surface area (Å²) in [6.07, 6.45) is 3.09. The molecule has 1 aromatic heterocycles. The van der Waals surface area contributed by atoms with Crippen LogP contribution in [0, 0.1) is 6.92 Å². The van der Waals surface area contributed by atoms with Crippen LogP contribution in [0.1, 0.15) is 60.7 Å².